The van der Waals surface area contributed by atoms with Gasteiger partial charge in [0, 0.05) is 6.42 Å². The Bertz CT molecular complexity index is 319. The Kier molecular flexibility index (Phi) is 4.01. The molecule has 0 spiro atoms. The maximum atomic E-state index is 11.3. The molecule has 0 heterocycles. The molecule has 0 aromatic heterocycles. The lowest BCUT2D eigenvalue weighted by Gasteiger charge is -1.99. The number of carbonyl (C=O) groups excluding carboxylic acids is 2. The molecule has 1 aromatic carbocycles. The van der Waals surface area contributed by atoms with E-state index in [-0.39, 0.29) is 24.5 Å². The van der Waals surface area contributed by atoms with Crippen LogP contribution in [0, 0.1) is 0 Å². The standard InChI is InChI=1S/C11H13NO2/c12-8-11(14)7-10(13)6-9-4-2-1-3-5-9/h1-5H,6-8,12H2. The van der Waals surface area contributed by atoms with Gasteiger partial charge in [-0.3, -0.25) is 9.59 Å². The van der Waals surface area contributed by atoms with Crippen LogP contribution in [0.2, 0.25) is 0 Å². The molecule has 0 bridgehead atoms. The second kappa shape index (κ2) is 5.29. The first-order chi connectivity index (χ1) is 6.72. The average Bonchev–Trinajstić information content (AvgIpc) is 2.19. The summed E-state index contributed by atoms with van der Waals surface area (Å²) in [7, 11) is 0. The fourth-order valence-electron chi connectivity index (χ4n) is 1.18. The van der Waals surface area contributed by atoms with Gasteiger partial charge in [-0.1, -0.05) is 30.3 Å². The van der Waals surface area contributed by atoms with Crippen LogP contribution >= 0.6 is 0 Å². The zero-order chi connectivity index (χ0) is 10.4. The van der Waals surface area contributed by atoms with Gasteiger partial charge >= 0.3 is 0 Å². The van der Waals surface area contributed by atoms with E-state index in [2.05, 4.69) is 0 Å². The molecule has 3 nitrogen and oxygen atoms in total. The predicted molar refractivity (Wildman–Crippen MR) is 53.8 cm³/mol. The maximum absolute atomic E-state index is 11.3. The van der Waals surface area contributed by atoms with E-state index >= 15 is 0 Å². The minimum atomic E-state index is -0.203. The predicted octanol–water partition coefficient (Wildman–Crippen LogP) is 0.716. The van der Waals surface area contributed by atoms with Crippen LogP contribution in [0.3, 0.4) is 0 Å². The average molecular weight is 191 g/mol. The molecule has 0 aliphatic rings. The third-order valence-corrected chi connectivity index (χ3v) is 1.87. The Morgan fingerprint density at radius 3 is 2.29 bits per heavy atom. The molecule has 0 aliphatic carbocycles. The highest BCUT2D eigenvalue weighted by atomic mass is 16.1. The molecule has 3 heteroatoms. The number of hydrogen-bond acceptors (Lipinski definition) is 3. The summed E-state index contributed by atoms with van der Waals surface area (Å²) in [6, 6.07) is 9.36. The lowest BCUT2D eigenvalue weighted by molar-refractivity contribution is -0.125. The Morgan fingerprint density at radius 2 is 1.71 bits per heavy atom. The summed E-state index contributed by atoms with van der Waals surface area (Å²) in [5, 5.41) is 0. The van der Waals surface area contributed by atoms with Crippen molar-refractivity contribution in [1.82, 2.24) is 0 Å². The minimum absolute atomic E-state index is 0.0502. The van der Waals surface area contributed by atoms with E-state index < -0.39 is 0 Å². The SMILES string of the molecule is NCC(=O)CC(=O)Cc1ccccc1. The van der Waals surface area contributed by atoms with E-state index in [1.807, 2.05) is 30.3 Å². The molecule has 74 valence electrons. The van der Waals surface area contributed by atoms with Gasteiger partial charge in [0.25, 0.3) is 0 Å². The summed E-state index contributed by atoms with van der Waals surface area (Å²) >= 11 is 0. The molecule has 0 atom stereocenters. The summed E-state index contributed by atoms with van der Waals surface area (Å²) in [5.74, 6) is -0.280. The largest absolute Gasteiger partial charge is 0.324 e. The van der Waals surface area contributed by atoms with Crippen LogP contribution in [-0.2, 0) is 16.0 Å². The second-order valence-corrected chi connectivity index (χ2v) is 3.12. The van der Waals surface area contributed by atoms with E-state index in [1.165, 1.54) is 0 Å². The first-order valence-electron chi connectivity index (χ1n) is 4.49. The Morgan fingerprint density at radius 1 is 1.07 bits per heavy atom. The molecule has 0 aliphatic heterocycles. The first kappa shape index (κ1) is 10.6. The van der Waals surface area contributed by atoms with Gasteiger partial charge in [0.05, 0.1) is 13.0 Å². The van der Waals surface area contributed by atoms with Crippen molar-refractivity contribution in [2.45, 2.75) is 12.8 Å². The van der Waals surface area contributed by atoms with Crippen molar-refractivity contribution >= 4 is 11.6 Å². The van der Waals surface area contributed by atoms with Crippen molar-refractivity contribution < 1.29 is 9.59 Å². The van der Waals surface area contributed by atoms with Crippen molar-refractivity contribution in [3.63, 3.8) is 0 Å². The fourth-order valence-corrected chi connectivity index (χ4v) is 1.18. The lowest BCUT2D eigenvalue weighted by Crippen LogP contribution is -2.18. The van der Waals surface area contributed by atoms with Gasteiger partial charge in [0.15, 0.2) is 5.78 Å². The Labute approximate surface area is 82.9 Å². The number of carbonyl (C=O) groups is 2. The third kappa shape index (κ3) is 3.49. The lowest BCUT2D eigenvalue weighted by atomic mass is 10.1. The number of ketones is 2. The quantitative estimate of drug-likeness (QED) is 0.697. The minimum Gasteiger partial charge on any atom is -0.324 e. The van der Waals surface area contributed by atoms with Gasteiger partial charge in [-0.25, -0.2) is 0 Å². The summed E-state index contributed by atoms with van der Waals surface area (Å²) < 4.78 is 0. The molecule has 1 aromatic rings. The molecular formula is C11H13NO2. The highest BCUT2D eigenvalue weighted by molar-refractivity contribution is 6.00. The van der Waals surface area contributed by atoms with E-state index in [9.17, 15) is 9.59 Å². The normalized spacial score (nSPS) is 9.79. The molecule has 2 N–H and O–H groups in total. The molecule has 1 rings (SSSR count). The van der Waals surface area contributed by atoms with Crippen molar-refractivity contribution in [2.24, 2.45) is 5.73 Å². The zero-order valence-electron chi connectivity index (χ0n) is 7.90. The second-order valence-electron chi connectivity index (χ2n) is 3.12. The van der Waals surface area contributed by atoms with Crippen LogP contribution < -0.4 is 5.73 Å². The Hall–Kier alpha value is -1.48. The number of benzene rings is 1. The topological polar surface area (TPSA) is 60.2 Å². The van der Waals surface area contributed by atoms with Crippen LogP contribution in [0.5, 0.6) is 0 Å². The van der Waals surface area contributed by atoms with Crippen molar-refractivity contribution in [3.05, 3.63) is 35.9 Å². The van der Waals surface area contributed by atoms with Crippen LogP contribution in [0.1, 0.15) is 12.0 Å². The van der Waals surface area contributed by atoms with Gasteiger partial charge in [0.1, 0.15) is 5.78 Å². The molecule has 0 fully saturated rings. The number of hydrogen-bond donors (Lipinski definition) is 1. The van der Waals surface area contributed by atoms with E-state index in [0.717, 1.165) is 5.56 Å². The molecule has 0 radical (unpaired) electrons. The molecule has 14 heavy (non-hydrogen) atoms. The summed E-state index contributed by atoms with van der Waals surface area (Å²) in [5.41, 5.74) is 6.04. The third-order valence-electron chi connectivity index (χ3n) is 1.87. The maximum Gasteiger partial charge on any atom is 0.153 e. The number of Topliss-reactive ketones (excluding diaryl/α,β-unsaturated/α-hetero) is 2. The molecule has 0 unspecified atom stereocenters. The number of nitrogens with two attached hydrogens (primary N) is 1. The van der Waals surface area contributed by atoms with Crippen molar-refractivity contribution in [2.75, 3.05) is 6.54 Å². The van der Waals surface area contributed by atoms with E-state index in [4.69, 9.17) is 5.73 Å². The highest BCUT2D eigenvalue weighted by Gasteiger charge is 2.08. The monoisotopic (exact) mass is 191 g/mol. The van der Waals surface area contributed by atoms with Gasteiger partial charge < -0.3 is 5.73 Å². The molecular weight excluding hydrogens is 178 g/mol. The van der Waals surface area contributed by atoms with Crippen LogP contribution in [0.4, 0.5) is 0 Å². The van der Waals surface area contributed by atoms with Crippen molar-refractivity contribution in [1.29, 1.82) is 0 Å². The molecule has 0 saturated carbocycles. The first-order valence-corrected chi connectivity index (χ1v) is 4.49. The van der Waals surface area contributed by atoms with Crippen LogP contribution in [0.25, 0.3) is 0 Å². The van der Waals surface area contributed by atoms with Gasteiger partial charge in [-0.2, -0.15) is 0 Å². The van der Waals surface area contributed by atoms with Crippen LogP contribution in [-0.4, -0.2) is 18.1 Å². The van der Waals surface area contributed by atoms with E-state index in [1.54, 1.807) is 0 Å². The Balaban J connectivity index is 2.46. The van der Waals surface area contributed by atoms with Gasteiger partial charge in [-0.05, 0) is 5.56 Å². The summed E-state index contributed by atoms with van der Waals surface area (Å²) in [6.45, 7) is -0.0550. The van der Waals surface area contributed by atoms with Crippen molar-refractivity contribution in [3.8, 4) is 0 Å². The van der Waals surface area contributed by atoms with Gasteiger partial charge in [-0.15, -0.1) is 0 Å². The van der Waals surface area contributed by atoms with E-state index in [0.29, 0.717) is 6.42 Å². The highest BCUT2D eigenvalue weighted by Crippen LogP contribution is 2.01. The number of rotatable bonds is 5. The van der Waals surface area contributed by atoms with Crippen LogP contribution in [0.15, 0.2) is 30.3 Å². The van der Waals surface area contributed by atoms with Gasteiger partial charge in [0.2, 0.25) is 0 Å². The molecule has 0 amide bonds. The smallest absolute Gasteiger partial charge is 0.153 e. The fraction of sp³-hybridized carbons (Fsp3) is 0.273. The summed E-state index contributed by atoms with van der Waals surface area (Å²) in [6.07, 6.45) is 0.262. The summed E-state index contributed by atoms with van der Waals surface area (Å²) in [4.78, 5) is 22.2. The molecule has 0 saturated heterocycles. The zero-order valence-corrected chi connectivity index (χ0v) is 7.90.